The Balaban J connectivity index is 1.99. The quantitative estimate of drug-likeness (QED) is 0.670. The van der Waals surface area contributed by atoms with Crippen molar-refractivity contribution in [3.05, 3.63) is 63.7 Å². The van der Waals surface area contributed by atoms with Crippen molar-refractivity contribution in [3.8, 4) is 22.6 Å². The Kier molecular flexibility index (Phi) is 4.57. The molecule has 9 heteroatoms. The number of nitrogens with two attached hydrogens (primary N) is 1. The summed E-state index contributed by atoms with van der Waals surface area (Å²) in [4.78, 5) is 35.8. The van der Waals surface area contributed by atoms with Crippen molar-refractivity contribution in [1.82, 2.24) is 14.3 Å². The lowest BCUT2D eigenvalue weighted by atomic mass is 9.85. The Morgan fingerprint density at radius 3 is 2.52 bits per heavy atom. The van der Waals surface area contributed by atoms with Gasteiger partial charge in [-0.3, -0.25) is 14.3 Å². The molecule has 0 saturated heterocycles. The largest absolute Gasteiger partial charge is 0.477 e. The maximum absolute atomic E-state index is 14.7. The summed E-state index contributed by atoms with van der Waals surface area (Å²) in [7, 11) is 0. The summed E-state index contributed by atoms with van der Waals surface area (Å²) in [6, 6.07) is 6.65. The number of amides is 1. The first kappa shape index (κ1) is 20.5. The van der Waals surface area contributed by atoms with E-state index in [1.54, 1.807) is 15.3 Å². The maximum Gasteiger partial charge on any atom is 0.341 e. The van der Waals surface area contributed by atoms with E-state index in [2.05, 4.69) is 5.10 Å². The molecule has 1 amide bonds. The van der Waals surface area contributed by atoms with Crippen LogP contribution in [0.25, 0.3) is 22.6 Å². The average molecular weight is 424 g/mol. The Morgan fingerprint density at radius 2 is 1.90 bits per heavy atom. The zero-order valence-corrected chi connectivity index (χ0v) is 17.2. The van der Waals surface area contributed by atoms with Crippen molar-refractivity contribution in [2.45, 2.75) is 33.4 Å². The van der Waals surface area contributed by atoms with Crippen molar-refractivity contribution >= 4 is 11.9 Å². The van der Waals surface area contributed by atoms with Gasteiger partial charge in [-0.1, -0.05) is 26.8 Å². The predicted octanol–water partition coefficient (Wildman–Crippen LogP) is 2.92. The zero-order valence-electron chi connectivity index (χ0n) is 17.2. The fraction of sp³-hybridized carbons (Fsp3) is 0.273. The average Bonchev–Trinajstić information content (AvgIpc) is 3.09. The first-order valence-electron chi connectivity index (χ1n) is 9.65. The molecule has 0 fully saturated rings. The number of aromatic nitrogens is 3. The van der Waals surface area contributed by atoms with E-state index in [0.29, 0.717) is 17.9 Å². The summed E-state index contributed by atoms with van der Waals surface area (Å²) in [6.07, 6.45) is 1.35. The van der Waals surface area contributed by atoms with Crippen LogP contribution in [0.2, 0.25) is 0 Å². The SMILES string of the molecule is CC(C)(C)[C@@H]1Cn2nc(-c3c(F)cccc3C(N)=O)cc2-c2cc(=O)c(C(=O)O)cn21. The van der Waals surface area contributed by atoms with Gasteiger partial charge in [-0.15, -0.1) is 0 Å². The number of aromatic carboxylic acids is 1. The number of pyridine rings is 1. The number of hydrogen-bond donors (Lipinski definition) is 2. The number of nitrogens with zero attached hydrogens (tertiary/aromatic N) is 3. The zero-order chi connectivity index (χ0) is 22.7. The lowest BCUT2D eigenvalue weighted by Crippen LogP contribution is -2.35. The van der Waals surface area contributed by atoms with Gasteiger partial charge in [0.2, 0.25) is 5.91 Å². The first-order valence-corrected chi connectivity index (χ1v) is 9.65. The molecule has 1 atom stereocenters. The van der Waals surface area contributed by atoms with Crippen LogP contribution < -0.4 is 11.2 Å². The van der Waals surface area contributed by atoms with Gasteiger partial charge in [-0.25, -0.2) is 9.18 Å². The summed E-state index contributed by atoms with van der Waals surface area (Å²) >= 11 is 0. The molecule has 3 heterocycles. The highest BCUT2D eigenvalue weighted by atomic mass is 19.1. The maximum atomic E-state index is 14.7. The van der Waals surface area contributed by atoms with Gasteiger partial charge < -0.3 is 15.4 Å². The van der Waals surface area contributed by atoms with E-state index in [9.17, 15) is 23.9 Å². The normalized spacial score (nSPS) is 15.3. The third-order valence-electron chi connectivity index (χ3n) is 5.57. The highest BCUT2D eigenvalue weighted by molar-refractivity contribution is 5.99. The number of halogens is 1. The van der Waals surface area contributed by atoms with E-state index >= 15 is 0 Å². The molecule has 1 aromatic carbocycles. The number of carboxylic acids is 1. The van der Waals surface area contributed by atoms with E-state index in [4.69, 9.17) is 5.73 Å². The van der Waals surface area contributed by atoms with Gasteiger partial charge in [0.25, 0.3) is 0 Å². The molecule has 3 aromatic rings. The van der Waals surface area contributed by atoms with Crippen LogP contribution in [0.3, 0.4) is 0 Å². The molecule has 0 unspecified atom stereocenters. The van der Waals surface area contributed by atoms with Gasteiger partial charge in [0.15, 0.2) is 5.43 Å². The number of fused-ring (bicyclic) bond motifs is 3. The molecule has 1 aliphatic heterocycles. The van der Waals surface area contributed by atoms with Crippen LogP contribution in [0, 0.1) is 11.2 Å². The van der Waals surface area contributed by atoms with Gasteiger partial charge in [0.05, 0.1) is 40.8 Å². The second-order valence-electron chi connectivity index (χ2n) is 8.65. The smallest absolute Gasteiger partial charge is 0.341 e. The molecule has 0 saturated carbocycles. The second kappa shape index (κ2) is 6.90. The number of hydrogen-bond acceptors (Lipinski definition) is 4. The molecule has 0 bridgehead atoms. The molecule has 2 aromatic heterocycles. The first-order chi connectivity index (χ1) is 14.5. The fourth-order valence-electron chi connectivity index (χ4n) is 3.99. The summed E-state index contributed by atoms with van der Waals surface area (Å²) in [6.45, 7) is 6.36. The minimum atomic E-state index is -1.30. The van der Waals surface area contributed by atoms with E-state index in [-0.39, 0.29) is 33.8 Å². The van der Waals surface area contributed by atoms with Crippen LogP contribution in [0.5, 0.6) is 0 Å². The highest BCUT2D eigenvalue weighted by Gasteiger charge is 2.35. The van der Waals surface area contributed by atoms with Crippen molar-refractivity contribution < 1.29 is 19.1 Å². The molecule has 31 heavy (non-hydrogen) atoms. The summed E-state index contributed by atoms with van der Waals surface area (Å²) in [5, 5.41) is 13.9. The molecule has 0 aliphatic carbocycles. The number of rotatable bonds is 3. The lowest BCUT2D eigenvalue weighted by Gasteiger charge is -2.38. The van der Waals surface area contributed by atoms with E-state index < -0.39 is 23.1 Å². The Bertz CT molecular complexity index is 1300. The van der Waals surface area contributed by atoms with E-state index in [0.717, 1.165) is 0 Å². The van der Waals surface area contributed by atoms with Crippen LogP contribution in [-0.2, 0) is 6.54 Å². The Hall–Kier alpha value is -3.75. The number of benzene rings is 1. The predicted molar refractivity (Wildman–Crippen MR) is 111 cm³/mol. The molecule has 8 nitrogen and oxygen atoms in total. The van der Waals surface area contributed by atoms with E-state index in [1.165, 1.54) is 30.5 Å². The van der Waals surface area contributed by atoms with Crippen molar-refractivity contribution in [2.24, 2.45) is 11.1 Å². The van der Waals surface area contributed by atoms with Crippen LogP contribution in [0.15, 0.2) is 41.3 Å². The van der Waals surface area contributed by atoms with Crippen LogP contribution in [-0.4, -0.2) is 31.3 Å². The van der Waals surface area contributed by atoms with Crippen molar-refractivity contribution in [3.63, 3.8) is 0 Å². The van der Waals surface area contributed by atoms with Gasteiger partial charge in [-0.2, -0.15) is 5.10 Å². The van der Waals surface area contributed by atoms with Crippen molar-refractivity contribution in [1.29, 1.82) is 0 Å². The van der Waals surface area contributed by atoms with Gasteiger partial charge in [0.1, 0.15) is 11.4 Å². The molecule has 0 radical (unpaired) electrons. The van der Waals surface area contributed by atoms with E-state index in [1.807, 2.05) is 20.8 Å². The van der Waals surface area contributed by atoms with Crippen LogP contribution in [0.1, 0.15) is 47.5 Å². The third-order valence-corrected chi connectivity index (χ3v) is 5.57. The summed E-state index contributed by atoms with van der Waals surface area (Å²) in [5.74, 6) is -2.72. The molecule has 3 N–H and O–H groups in total. The number of carboxylic acid groups (broad SMARTS) is 1. The Labute approximate surface area is 176 Å². The number of carbonyl (C=O) groups excluding carboxylic acids is 1. The highest BCUT2D eigenvalue weighted by Crippen LogP contribution is 2.41. The molecular weight excluding hydrogens is 403 g/mol. The molecule has 0 spiro atoms. The molecule has 160 valence electrons. The van der Waals surface area contributed by atoms with Gasteiger partial charge in [-0.05, 0) is 23.6 Å². The van der Waals surface area contributed by atoms with Crippen LogP contribution in [0.4, 0.5) is 4.39 Å². The van der Waals surface area contributed by atoms with Gasteiger partial charge in [0, 0.05) is 12.3 Å². The topological polar surface area (TPSA) is 120 Å². The lowest BCUT2D eigenvalue weighted by molar-refractivity contribution is 0.0693. The monoisotopic (exact) mass is 424 g/mol. The number of primary amides is 1. The van der Waals surface area contributed by atoms with Crippen LogP contribution >= 0.6 is 0 Å². The van der Waals surface area contributed by atoms with Crippen molar-refractivity contribution in [2.75, 3.05) is 0 Å². The molecular formula is C22H21FN4O4. The van der Waals surface area contributed by atoms with Gasteiger partial charge >= 0.3 is 5.97 Å². The molecule has 1 aliphatic rings. The summed E-state index contributed by atoms with van der Waals surface area (Å²) in [5.41, 5.74) is 5.34. The third kappa shape index (κ3) is 3.31. The fourth-order valence-corrected chi connectivity index (χ4v) is 3.99. The number of carbonyl (C=O) groups is 2. The molecule has 4 rings (SSSR count). The standard InChI is InChI=1S/C22H21FN4O4/c1-22(2,3)18-10-27-16(15-8-17(28)12(21(30)31)9-26(15)18)7-14(25-27)19-11(20(24)29)5-4-6-13(19)23/h4-9,18H,10H2,1-3H3,(H2,24,29)(H,30,31)/t18-/m0/s1. The Morgan fingerprint density at radius 1 is 1.19 bits per heavy atom. The minimum Gasteiger partial charge on any atom is -0.477 e. The minimum absolute atomic E-state index is 0.00133. The summed E-state index contributed by atoms with van der Waals surface area (Å²) < 4.78 is 18.1. The second-order valence-corrected chi connectivity index (χ2v) is 8.65.